The van der Waals surface area contributed by atoms with Crippen LogP contribution in [0.1, 0.15) is 18.7 Å². The number of nitrogens with one attached hydrogen (secondary N) is 1. The van der Waals surface area contributed by atoms with Gasteiger partial charge in [-0.25, -0.2) is 4.98 Å². The Bertz CT molecular complexity index is 401. The number of amides is 1. The molecule has 16 heavy (non-hydrogen) atoms. The molecule has 1 aliphatic heterocycles. The predicted molar refractivity (Wildman–Crippen MR) is 64.0 cm³/mol. The first-order valence-corrected chi connectivity index (χ1v) is 6.01. The van der Waals surface area contributed by atoms with Crippen molar-refractivity contribution in [1.82, 2.24) is 15.2 Å². The summed E-state index contributed by atoms with van der Waals surface area (Å²) < 4.78 is 0. The Hall–Kier alpha value is -1.14. The Morgan fingerprint density at radius 3 is 3.06 bits per heavy atom. The standard InChI is InChI=1S/C10H16N4OS/c1-10(2)6-13-8(15)5-14(10)4-7-3-12-9(11)16-7/h3H,4-6H2,1-2H3,(H2,11,12)(H,13,15). The van der Waals surface area contributed by atoms with Gasteiger partial charge in [0.05, 0.1) is 6.54 Å². The zero-order chi connectivity index (χ0) is 11.8. The zero-order valence-corrected chi connectivity index (χ0v) is 10.3. The van der Waals surface area contributed by atoms with Crippen molar-refractivity contribution in [2.24, 2.45) is 0 Å². The van der Waals surface area contributed by atoms with Crippen LogP contribution in [0.2, 0.25) is 0 Å². The Morgan fingerprint density at radius 1 is 1.69 bits per heavy atom. The highest BCUT2D eigenvalue weighted by Crippen LogP contribution is 2.23. The van der Waals surface area contributed by atoms with Gasteiger partial charge in [-0.1, -0.05) is 0 Å². The third kappa shape index (κ3) is 2.33. The molecule has 5 nitrogen and oxygen atoms in total. The number of hydrogen-bond donors (Lipinski definition) is 2. The van der Waals surface area contributed by atoms with E-state index in [0.717, 1.165) is 11.4 Å². The van der Waals surface area contributed by atoms with E-state index in [1.165, 1.54) is 11.3 Å². The van der Waals surface area contributed by atoms with Crippen LogP contribution in [0.25, 0.3) is 0 Å². The minimum absolute atomic E-state index is 0.0212. The van der Waals surface area contributed by atoms with Gasteiger partial charge >= 0.3 is 0 Å². The maximum absolute atomic E-state index is 11.4. The highest BCUT2D eigenvalue weighted by molar-refractivity contribution is 7.15. The third-order valence-electron chi connectivity index (χ3n) is 2.83. The molecule has 1 aliphatic rings. The van der Waals surface area contributed by atoms with E-state index in [9.17, 15) is 4.79 Å². The maximum Gasteiger partial charge on any atom is 0.234 e. The Balaban J connectivity index is 2.09. The molecule has 0 radical (unpaired) electrons. The van der Waals surface area contributed by atoms with Gasteiger partial charge in [0.2, 0.25) is 5.91 Å². The fourth-order valence-corrected chi connectivity index (χ4v) is 2.42. The van der Waals surface area contributed by atoms with Crippen molar-refractivity contribution < 1.29 is 4.79 Å². The Kier molecular flexibility index (Phi) is 2.86. The van der Waals surface area contributed by atoms with Crippen LogP contribution in [-0.4, -0.2) is 34.4 Å². The second kappa shape index (κ2) is 4.03. The quantitative estimate of drug-likeness (QED) is 0.786. The van der Waals surface area contributed by atoms with Gasteiger partial charge in [-0.3, -0.25) is 9.69 Å². The fraction of sp³-hybridized carbons (Fsp3) is 0.600. The van der Waals surface area contributed by atoms with Crippen LogP contribution in [-0.2, 0) is 11.3 Å². The van der Waals surface area contributed by atoms with Crippen molar-refractivity contribution >= 4 is 22.4 Å². The zero-order valence-electron chi connectivity index (χ0n) is 9.49. The second-order valence-corrected chi connectivity index (χ2v) is 5.76. The molecule has 2 rings (SSSR count). The van der Waals surface area contributed by atoms with Gasteiger partial charge in [-0.15, -0.1) is 11.3 Å². The van der Waals surface area contributed by atoms with Crippen molar-refractivity contribution in [3.05, 3.63) is 11.1 Å². The molecule has 0 aliphatic carbocycles. The summed E-state index contributed by atoms with van der Waals surface area (Å²) >= 11 is 1.48. The lowest BCUT2D eigenvalue weighted by Gasteiger charge is -2.41. The summed E-state index contributed by atoms with van der Waals surface area (Å²) in [5.74, 6) is 0.0804. The van der Waals surface area contributed by atoms with Gasteiger partial charge in [-0.05, 0) is 13.8 Å². The average Bonchev–Trinajstić information content (AvgIpc) is 2.59. The molecule has 2 heterocycles. The number of aromatic nitrogens is 1. The van der Waals surface area contributed by atoms with Crippen LogP contribution in [0.15, 0.2) is 6.20 Å². The number of carbonyl (C=O) groups excluding carboxylic acids is 1. The van der Waals surface area contributed by atoms with E-state index in [0.29, 0.717) is 18.2 Å². The van der Waals surface area contributed by atoms with Gasteiger partial charge < -0.3 is 11.1 Å². The molecule has 0 spiro atoms. The van der Waals surface area contributed by atoms with E-state index in [-0.39, 0.29) is 11.4 Å². The fourth-order valence-electron chi connectivity index (χ4n) is 1.72. The number of nitrogen functional groups attached to an aromatic ring is 1. The summed E-state index contributed by atoms with van der Waals surface area (Å²) in [7, 11) is 0. The molecule has 1 fully saturated rings. The largest absolute Gasteiger partial charge is 0.375 e. The monoisotopic (exact) mass is 240 g/mol. The molecule has 1 aromatic rings. The Labute approximate surface area is 98.7 Å². The average molecular weight is 240 g/mol. The van der Waals surface area contributed by atoms with Gasteiger partial charge in [0.15, 0.2) is 5.13 Å². The molecule has 1 aromatic heterocycles. The molecular formula is C10H16N4OS. The first-order valence-electron chi connectivity index (χ1n) is 5.19. The van der Waals surface area contributed by atoms with Gasteiger partial charge in [0.25, 0.3) is 0 Å². The van der Waals surface area contributed by atoms with Crippen LogP contribution < -0.4 is 11.1 Å². The number of piperazine rings is 1. The molecule has 1 saturated heterocycles. The topological polar surface area (TPSA) is 71.2 Å². The first-order chi connectivity index (χ1) is 7.47. The lowest BCUT2D eigenvalue weighted by atomic mass is 10.00. The van der Waals surface area contributed by atoms with Crippen molar-refractivity contribution in [3.63, 3.8) is 0 Å². The normalized spacial score (nSPS) is 20.8. The number of carbonyl (C=O) groups is 1. The lowest BCUT2D eigenvalue weighted by Crippen LogP contribution is -2.59. The number of nitrogens with two attached hydrogens (primary N) is 1. The highest BCUT2D eigenvalue weighted by atomic mass is 32.1. The van der Waals surface area contributed by atoms with Crippen molar-refractivity contribution in [2.45, 2.75) is 25.9 Å². The van der Waals surface area contributed by atoms with E-state index in [2.05, 4.69) is 29.0 Å². The number of thiazole rings is 1. The summed E-state index contributed by atoms with van der Waals surface area (Å²) in [6.45, 7) is 6.09. The molecule has 88 valence electrons. The summed E-state index contributed by atoms with van der Waals surface area (Å²) in [4.78, 5) is 18.6. The molecule has 0 aromatic carbocycles. The lowest BCUT2D eigenvalue weighted by molar-refractivity contribution is -0.128. The molecule has 0 unspecified atom stereocenters. The van der Waals surface area contributed by atoms with Gasteiger partial charge in [0.1, 0.15) is 0 Å². The van der Waals surface area contributed by atoms with Crippen LogP contribution >= 0.6 is 11.3 Å². The van der Waals surface area contributed by atoms with Crippen molar-refractivity contribution in [1.29, 1.82) is 0 Å². The van der Waals surface area contributed by atoms with E-state index >= 15 is 0 Å². The number of hydrogen-bond acceptors (Lipinski definition) is 5. The van der Waals surface area contributed by atoms with Crippen LogP contribution in [0.5, 0.6) is 0 Å². The van der Waals surface area contributed by atoms with E-state index in [4.69, 9.17) is 5.73 Å². The maximum atomic E-state index is 11.4. The SMILES string of the molecule is CC1(C)CNC(=O)CN1Cc1cnc(N)s1. The molecule has 0 atom stereocenters. The Morgan fingerprint density at radius 2 is 2.44 bits per heavy atom. The smallest absolute Gasteiger partial charge is 0.234 e. The van der Waals surface area contributed by atoms with Crippen LogP contribution in [0.3, 0.4) is 0 Å². The van der Waals surface area contributed by atoms with E-state index in [1.807, 2.05) is 0 Å². The second-order valence-electron chi connectivity index (χ2n) is 4.61. The van der Waals surface area contributed by atoms with Crippen molar-refractivity contribution in [2.75, 3.05) is 18.8 Å². The van der Waals surface area contributed by atoms with E-state index < -0.39 is 0 Å². The molecule has 1 amide bonds. The minimum atomic E-state index is -0.0212. The summed E-state index contributed by atoms with van der Waals surface area (Å²) in [5.41, 5.74) is 5.57. The summed E-state index contributed by atoms with van der Waals surface area (Å²) in [6.07, 6.45) is 1.78. The summed E-state index contributed by atoms with van der Waals surface area (Å²) in [5, 5.41) is 3.45. The van der Waals surface area contributed by atoms with Gasteiger partial charge in [-0.2, -0.15) is 0 Å². The minimum Gasteiger partial charge on any atom is -0.375 e. The molecule has 6 heteroatoms. The van der Waals surface area contributed by atoms with Gasteiger partial charge in [0, 0.05) is 29.7 Å². The molecule has 0 saturated carbocycles. The highest BCUT2D eigenvalue weighted by Gasteiger charge is 2.33. The van der Waals surface area contributed by atoms with E-state index in [1.54, 1.807) is 6.20 Å². The first kappa shape index (κ1) is 11.3. The molecule has 0 bridgehead atoms. The molecular weight excluding hydrogens is 224 g/mol. The number of nitrogens with zero attached hydrogens (tertiary/aromatic N) is 2. The van der Waals surface area contributed by atoms with Crippen LogP contribution in [0.4, 0.5) is 5.13 Å². The summed E-state index contributed by atoms with van der Waals surface area (Å²) in [6, 6.07) is 0. The predicted octanol–water partition coefficient (Wildman–Crippen LogP) is 0.436. The molecule has 3 N–H and O–H groups in total. The van der Waals surface area contributed by atoms with Crippen molar-refractivity contribution in [3.8, 4) is 0 Å². The number of rotatable bonds is 2. The third-order valence-corrected chi connectivity index (χ3v) is 3.64. The number of anilines is 1. The van der Waals surface area contributed by atoms with Crippen LogP contribution in [0, 0.1) is 0 Å².